The highest BCUT2D eigenvalue weighted by molar-refractivity contribution is 14.1. The number of nitrogens with one attached hydrogen (secondary N) is 1. The maximum atomic E-state index is 11.4. The lowest BCUT2D eigenvalue weighted by atomic mass is 10.3. The van der Waals surface area contributed by atoms with Crippen LogP contribution in [-0.4, -0.2) is 10.9 Å². The zero-order valence-electron chi connectivity index (χ0n) is 7.27. The molecule has 0 radical (unpaired) electrons. The fourth-order valence-corrected chi connectivity index (χ4v) is 2.59. The van der Waals surface area contributed by atoms with E-state index in [9.17, 15) is 8.42 Å². The van der Waals surface area contributed by atoms with E-state index in [0.29, 0.717) is 11.4 Å². The minimum Gasteiger partial charge on any atom is -0.264 e. The van der Waals surface area contributed by atoms with Gasteiger partial charge in [0.1, 0.15) is 0 Å². The van der Waals surface area contributed by atoms with Crippen LogP contribution in [0.4, 0.5) is 0 Å². The normalized spacial score (nSPS) is 19.9. The van der Waals surface area contributed by atoms with E-state index in [4.69, 9.17) is 0 Å². The Morgan fingerprint density at radius 1 is 1.43 bits per heavy atom. The molecule has 0 unspecified atom stereocenters. The maximum absolute atomic E-state index is 11.4. The van der Waals surface area contributed by atoms with Gasteiger partial charge in [-0.1, -0.05) is 25.3 Å². The van der Waals surface area contributed by atoms with Crippen LogP contribution in [0.15, 0.2) is 48.9 Å². The van der Waals surface area contributed by atoms with Crippen molar-refractivity contribution < 1.29 is 8.42 Å². The summed E-state index contributed by atoms with van der Waals surface area (Å²) in [4.78, 5) is 0. The molecule has 0 bridgehead atoms. The van der Waals surface area contributed by atoms with Crippen molar-refractivity contribution in [1.82, 2.24) is 7.24 Å². The highest BCUT2D eigenvalue weighted by Gasteiger charge is 2.30. The van der Waals surface area contributed by atoms with E-state index < -0.39 is 10.2 Å². The van der Waals surface area contributed by atoms with Gasteiger partial charge in [0, 0.05) is 0 Å². The molecule has 0 atom stereocenters. The molecule has 1 aliphatic heterocycles. The monoisotopic (exact) mass is 324 g/mol. The first-order chi connectivity index (χ1) is 6.53. The molecule has 1 heterocycles. The molecule has 0 saturated heterocycles. The zero-order valence-corrected chi connectivity index (χ0v) is 10.2. The van der Waals surface area contributed by atoms with E-state index >= 15 is 0 Å². The van der Waals surface area contributed by atoms with Crippen molar-refractivity contribution in [3.63, 3.8) is 0 Å². The molecule has 14 heavy (non-hydrogen) atoms. The largest absolute Gasteiger partial charge is 0.332 e. The number of halogens is 1. The summed E-state index contributed by atoms with van der Waals surface area (Å²) in [6.07, 6.45) is 6.34. The summed E-state index contributed by atoms with van der Waals surface area (Å²) in [6.45, 7) is 7.03. The lowest BCUT2D eigenvalue weighted by Gasteiger charge is -2.06. The summed E-state index contributed by atoms with van der Waals surface area (Å²) in [7, 11) is -3.43. The van der Waals surface area contributed by atoms with E-state index in [2.05, 4.69) is 17.9 Å². The van der Waals surface area contributed by atoms with Gasteiger partial charge in [-0.3, -0.25) is 4.72 Å². The van der Waals surface area contributed by atoms with Crippen molar-refractivity contribution >= 4 is 33.1 Å². The van der Waals surface area contributed by atoms with Crippen molar-refractivity contribution in [3.05, 3.63) is 48.9 Å². The molecule has 0 aromatic heterocycles. The molecular formula is C8H9IN2O2S. The van der Waals surface area contributed by atoms with Crippen LogP contribution in [0.5, 0.6) is 0 Å². The van der Waals surface area contributed by atoms with Gasteiger partial charge in [0.2, 0.25) is 0 Å². The van der Waals surface area contributed by atoms with Gasteiger partial charge >= 0.3 is 10.2 Å². The molecule has 0 spiro atoms. The Hall–Kier alpha value is -0.760. The third kappa shape index (κ3) is 2.01. The Balaban J connectivity index is 3.16. The van der Waals surface area contributed by atoms with Crippen LogP contribution in [0.1, 0.15) is 0 Å². The first kappa shape index (κ1) is 11.3. The van der Waals surface area contributed by atoms with Crippen molar-refractivity contribution in [1.29, 1.82) is 0 Å². The summed E-state index contributed by atoms with van der Waals surface area (Å²) < 4.78 is 26.2. The van der Waals surface area contributed by atoms with Gasteiger partial charge in [0.25, 0.3) is 0 Å². The fraction of sp³-hybridized carbons (Fsp3) is 0. The molecule has 6 heteroatoms. The fourth-order valence-electron chi connectivity index (χ4n) is 0.909. The van der Waals surface area contributed by atoms with Gasteiger partial charge in [-0.05, 0) is 12.2 Å². The molecule has 0 aromatic carbocycles. The van der Waals surface area contributed by atoms with Gasteiger partial charge in [0.15, 0.2) is 0 Å². The Morgan fingerprint density at radius 3 is 2.57 bits per heavy atom. The molecule has 1 rings (SSSR count). The van der Waals surface area contributed by atoms with E-state index in [1.807, 2.05) is 0 Å². The van der Waals surface area contributed by atoms with Gasteiger partial charge in [0.05, 0.1) is 34.3 Å². The molecule has 4 nitrogen and oxygen atoms in total. The summed E-state index contributed by atoms with van der Waals surface area (Å²) in [6, 6.07) is 0. The first-order valence-electron chi connectivity index (χ1n) is 3.67. The molecule has 1 N–H and O–H groups in total. The van der Waals surface area contributed by atoms with Crippen LogP contribution in [-0.2, 0) is 10.2 Å². The molecule has 0 fully saturated rings. The molecule has 1 aliphatic rings. The number of hydrogen-bond donors (Lipinski definition) is 1. The highest BCUT2D eigenvalue weighted by Crippen LogP contribution is 2.27. The summed E-state index contributed by atoms with van der Waals surface area (Å²) in [5, 5.41) is 0. The van der Waals surface area contributed by atoms with Gasteiger partial charge in [-0.25, -0.2) is 0 Å². The van der Waals surface area contributed by atoms with Crippen LogP contribution in [0, 0.1) is 0 Å². The lowest BCUT2D eigenvalue weighted by molar-refractivity contribution is 0.574. The molecule has 0 aliphatic carbocycles. The lowest BCUT2D eigenvalue weighted by Crippen LogP contribution is -2.23. The predicted molar refractivity (Wildman–Crippen MR) is 64.5 cm³/mol. The number of nitrogens with zero attached hydrogens (tertiary/aromatic N) is 1. The van der Waals surface area contributed by atoms with Crippen molar-refractivity contribution in [2.45, 2.75) is 0 Å². The number of allylic oxidation sites excluding steroid dienone is 4. The van der Waals surface area contributed by atoms with E-state index in [0.717, 1.165) is 2.52 Å². The van der Waals surface area contributed by atoms with E-state index in [1.165, 1.54) is 6.08 Å². The second-order valence-corrected chi connectivity index (χ2v) is 5.56. The zero-order chi connectivity index (χ0) is 10.8. The van der Waals surface area contributed by atoms with Gasteiger partial charge in [-0.15, -0.1) is 0 Å². The Labute approximate surface area is 97.4 Å². The van der Waals surface area contributed by atoms with Crippen molar-refractivity contribution in [2.75, 3.05) is 0 Å². The van der Waals surface area contributed by atoms with Crippen LogP contribution in [0.25, 0.3) is 0 Å². The second kappa shape index (κ2) is 4.18. The quantitative estimate of drug-likeness (QED) is 0.487. The van der Waals surface area contributed by atoms with Crippen LogP contribution in [0.2, 0.25) is 0 Å². The summed E-state index contributed by atoms with van der Waals surface area (Å²) >= 11 is 1.71. The molecular weight excluding hydrogens is 315 g/mol. The second-order valence-electron chi connectivity index (χ2n) is 2.42. The molecule has 76 valence electrons. The van der Waals surface area contributed by atoms with Crippen LogP contribution < -0.4 is 4.72 Å². The molecule has 0 aromatic rings. The SMILES string of the molecule is C=C/C=C\C1=C(C=C)NS(=O)(=O)N1I. The maximum Gasteiger partial charge on any atom is 0.332 e. The highest BCUT2D eigenvalue weighted by atomic mass is 127. The number of hydrogen-bond acceptors (Lipinski definition) is 2. The Morgan fingerprint density at radius 2 is 2.07 bits per heavy atom. The van der Waals surface area contributed by atoms with E-state index in [1.54, 1.807) is 41.1 Å². The average Bonchev–Trinajstić information content (AvgIpc) is 2.36. The topological polar surface area (TPSA) is 49.4 Å². The summed E-state index contributed by atoms with van der Waals surface area (Å²) in [5.74, 6) is 0. The van der Waals surface area contributed by atoms with Crippen LogP contribution >= 0.6 is 22.9 Å². The Bertz CT molecular complexity index is 423. The first-order valence-corrected chi connectivity index (χ1v) is 6.08. The Kier molecular flexibility index (Phi) is 3.38. The standard InChI is InChI=1S/C8H9IN2O2S/c1-3-5-6-8-7(4-2)10-14(12,13)11(8)9/h3-6,10H,1-2H2/b6-5-. The van der Waals surface area contributed by atoms with Crippen molar-refractivity contribution in [3.8, 4) is 0 Å². The van der Waals surface area contributed by atoms with E-state index in [-0.39, 0.29) is 0 Å². The molecule has 0 amide bonds. The third-order valence-electron chi connectivity index (χ3n) is 1.51. The van der Waals surface area contributed by atoms with Crippen LogP contribution in [0.3, 0.4) is 0 Å². The van der Waals surface area contributed by atoms with Gasteiger partial charge in [-0.2, -0.15) is 10.9 Å². The van der Waals surface area contributed by atoms with Gasteiger partial charge < -0.3 is 0 Å². The average molecular weight is 324 g/mol. The third-order valence-corrected chi connectivity index (χ3v) is 4.68. The smallest absolute Gasteiger partial charge is 0.264 e. The minimum atomic E-state index is -3.43. The molecule has 0 saturated carbocycles. The summed E-state index contributed by atoms with van der Waals surface area (Å²) in [5.41, 5.74) is 1.01. The van der Waals surface area contributed by atoms with Crippen molar-refractivity contribution in [2.24, 2.45) is 0 Å². The number of rotatable bonds is 3. The minimum absolute atomic E-state index is 0.470. The predicted octanol–water partition coefficient (Wildman–Crippen LogP) is 1.63.